The third-order valence-corrected chi connectivity index (χ3v) is 3.05. The lowest BCUT2D eigenvalue weighted by molar-refractivity contribution is -0.148. The van der Waals surface area contributed by atoms with Crippen molar-refractivity contribution in [2.45, 2.75) is 26.8 Å². The van der Waals surface area contributed by atoms with Crippen molar-refractivity contribution in [3.8, 4) is 0 Å². The van der Waals surface area contributed by atoms with Gasteiger partial charge in [0.1, 0.15) is 6.54 Å². The molecule has 0 aliphatic heterocycles. The maximum Gasteiger partial charge on any atom is 0.325 e. The summed E-state index contributed by atoms with van der Waals surface area (Å²) in [6, 6.07) is 7.06. The second kappa shape index (κ2) is 8.47. The number of halogens is 1. The normalized spacial score (nSPS) is 10.9. The molecule has 0 radical (unpaired) electrons. The molecule has 0 heterocycles. The van der Waals surface area contributed by atoms with Crippen molar-refractivity contribution >= 4 is 29.6 Å². The van der Waals surface area contributed by atoms with Crippen LogP contribution in [0.4, 0.5) is 0 Å². The van der Waals surface area contributed by atoms with Gasteiger partial charge in [-0.25, -0.2) is 0 Å². The third-order valence-electron chi connectivity index (χ3n) is 2.80. The number of carbonyl (C=O) groups excluding carboxylic acids is 2. The van der Waals surface area contributed by atoms with Gasteiger partial charge in [0.25, 0.3) is 0 Å². The molecule has 0 aliphatic rings. The van der Waals surface area contributed by atoms with E-state index >= 15 is 0 Å². The number of carbonyl (C=O) groups is 2. The van der Waals surface area contributed by atoms with E-state index in [1.165, 1.54) is 11.0 Å². The number of ether oxygens (including phenoxy) is 1. The van der Waals surface area contributed by atoms with E-state index in [0.29, 0.717) is 11.6 Å². The van der Waals surface area contributed by atoms with Gasteiger partial charge in [-0.15, -0.1) is 0 Å². The lowest BCUT2D eigenvalue weighted by Crippen LogP contribution is -2.40. The van der Waals surface area contributed by atoms with Gasteiger partial charge in [-0.1, -0.05) is 23.7 Å². The molecule has 4 nitrogen and oxygen atoms in total. The van der Waals surface area contributed by atoms with E-state index in [1.807, 2.05) is 26.0 Å². The van der Waals surface area contributed by atoms with Crippen LogP contribution in [-0.2, 0) is 14.3 Å². The molecule has 1 aromatic carbocycles. The molecule has 0 saturated heterocycles. The summed E-state index contributed by atoms with van der Waals surface area (Å²) in [5, 5.41) is 0.643. The molecular formula is C16H20ClNO3. The lowest BCUT2D eigenvalue weighted by Gasteiger charge is -2.24. The van der Waals surface area contributed by atoms with Crippen molar-refractivity contribution in [1.82, 2.24) is 4.90 Å². The van der Waals surface area contributed by atoms with E-state index in [-0.39, 0.29) is 18.5 Å². The van der Waals surface area contributed by atoms with Gasteiger partial charge >= 0.3 is 5.97 Å². The standard InChI is InChI=1S/C16H20ClNO3/c1-4-21-16(20)11-18(12(2)3)15(19)10-7-13-5-8-14(17)9-6-13/h5-10,12H,4,11H2,1-3H3/b10-7+. The van der Waals surface area contributed by atoms with Crippen molar-refractivity contribution in [2.75, 3.05) is 13.2 Å². The molecule has 0 spiro atoms. The van der Waals surface area contributed by atoms with Crippen LogP contribution < -0.4 is 0 Å². The summed E-state index contributed by atoms with van der Waals surface area (Å²) in [7, 11) is 0. The second-order valence-corrected chi connectivity index (χ2v) is 5.19. The first-order valence-electron chi connectivity index (χ1n) is 6.84. The summed E-state index contributed by atoms with van der Waals surface area (Å²) in [6.07, 6.45) is 3.14. The number of amides is 1. The Balaban J connectivity index is 2.72. The highest BCUT2D eigenvalue weighted by Crippen LogP contribution is 2.11. The summed E-state index contributed by atoms with van der Waals surface area (Å²) in [4.78, 5) is 25.2. The SMILES string of the molecule is CCOC(=O)CN(C(=O)/C=C/c1ccc(Cl)cc1)C(C)C. The van der Waals surface area contributed by atoms with Crippen LogP contribution in [0.1, 0.15) is 26.3 Å². The average molecular weight is 310 g/mol. The fourth-order valence-electron chi connectivity index (χ4n) is 1.70. The Morgan fingerprint density at radius 2 is 1.90 bits per heavy atom. The Labute approximate surface area is 130 Å². The summed E-state index contributed by atoms with van der Waals surface area (Å²) in [5.74, 6) is -0.632. The molecule has 1 rings (SSSR count). The molecule has 1 aromatic rings. The van der Waals surface area contributed by atoms with E-state index in [0.717, 1.165) is 5.56 Å². The highest BCUT2D eigenvalue weighted by atomic mass is 35.5. The first kappa shape index (κ1) is 17.2. The van der Waals surface area contributed by atoms with Crippen molar-refractivity contribution in [3.05, 3.63) is 40.9 Å². The molecule has 0 aliphatic carbocycles. The third kappa shape index (κ3) is 6.00. The van der Waals surface area contributed by atoms with Crippen LogP contribution in [0.5, 0.6) is 0 Å². The van der Waals surface area contributed by atoms with E-state index in [9.17, 15) is 9.59 Å². The fraction of sp³-hybridized carbons (Fsp3) is 0.375. The minimum absolute atomic E-state index is 0.0463. The zero-order valence-corrected chi connectivity index (χ0v) is 13.3. The monoisotopic (exact) mass is 309 g/mol. The smallest absolute Gasteiger partial charge is 0.325 e. The average Bonchev–Trinajstić information content (AvgIpc) is 2.44. The first-order chi connectivity index (χ1) is 9.93. The molecule has 0 bridgehead atoms. The Kier molecular flexibility index (Phi) is 6.96. The van der Waals surface area contributed by atoms with Crippen LogP contribution in [0.25, 0.3) is 6.08 Å². The first-order valence-corrected chi connectivity index (χ1v) is 7.21. The molecule has 0 atom stereocenters. The highest BCUT2D eigenvalue weighted by molar-refractivity contribution is 6.30. The molecule has 0 unspecified atom stereocenters. The summed E-state index contributed by atoms with van der Waals surface area (Å²) >= 11 is 5.80. The number of nitrogens with zero attached hydrogens (tertiary/aromatic N) is 1. The van der Waals surface area contributed by atoms with E-state index in [1.54, 1.807) is 25.1 Å². The minimum Gasteiger partial charge on any atom is -0.465 e. The van der Waals surface area contributed by atoms with E-state index in [4.69, 9.17) is 16.3 Å². The predicted octanol–water partition coefficient (Wildman–Crippen LogP) is 3.15. The number of benzene rings is 1. The fourth-order valence-corrected chi connectivity index (χ4v) is 1.82. The molecule has 1 amide bonds. The van der Waals surface area contributed by atoms with Crippen molar-refractivity contribution in [3.63, 3.8) is 0 Å². The lowest BCUT2D eigenvalue weighted by atomic mass is 10.2. The van der Waals surface area contributed by atoms with Crippen LogP contribution in [0.3, 0.4) is 0 Å². The molecule has 0 N–H and O–H groups in total. The van der Waals surface area contributed by atoms with Gasteiger partial charge in [-0.2, -0.15) is 0 Å². The topological polar surface area (TPSA) is 46.6 Å². The predicted molar refractivity (Wildman–Crippen MR) is 84.0 cm³/mol. The molecule has 21 heavy (non-hydrogen) atoms. The van der Waals surface area contributed by atoms with Crippen LogP contribution in [0.2, 0.25) is 5.02 Å². The molecule has 0 saturated carbocycles. The zero-order chi connectivity index (χ0) is 15.8. The number of rotatable bonds is 6. The quantitative estimate of drug-likeness (QED) is 0.599. The minimum atomic E-state index is -0.403. The highest BCUT2D eigenvalue weighted by Gasteiger charge is 2.18. The number of hydrogen-bond donors (Lipinski definition) is 0. The Hall–Kier alpha value is -1.81. The van der Waals surface area contributed by atoms with Gasteiger partial charge in [0.2, 0.25) is 5.91 Å². The van der Waals surface area contributed by atoms with Crippen molar-refractivity contribution in [1.29, 1.82) is 0 Å². The Bertz CT molecular complexity index is 509. The largest absolute Gasteiger partial charge is 0.465 e. The van der Waals surface area contributed by atoms with Gasteiger partial charge in [-0.05, 0) is 44.5 Å². The molecule has 114 valence electrons. The van der Waals surface area contributed by atoms with Gasteiger partial charge < -0.3 is 9.64 Å². The van der Waals surface area contributed by atoms with E-state index < -0.39 is 5.97 Å². The van der Waals surface area contributed by atoms with Gasteiger partial charge in [0.15, 0.2) is 0 Å². The molecular weight excluding hydrogens is 290 g/mol. The summed E-state index contributed by atoms with van der Waals surface area (Å²) in [6.45, 7) is 5.70. The second-order valence-electron chi connectivity index (χ2n) is 4.75. The maximum atomic E-state index is 12.2. The number of esters is 1. The van der Waals surface area contributed by atoms with Crippen LogP contribution in [-0.4, -0.2) is 36.0 Å². The molecule has 0 aromatic heterocycles. The van der Waals surface area contributed by atoms with Crippen LogP contribution in [0.15, 0.2) is 30.3 Å². The van der Waals surface area contributed by atoms with Gasteiger partial charge in [0.05, 0.1) is 6.61 Å². The molecule has 0 fully saturated rings. The van der Waals surface area contributed by atoms with Gasteiger partial charge in [-0.3, -0.25) is 9.59 Å². The summed E-state index contributed by atoms with van der Waals surface area (Å²) in [5.41, 5.74) is 0.868. The Morgan fingerprint density at radius 3 is 2.43 bits per heavy atom. The maximum absolute atomic E-state index is 12.2. The zero-order valence-electron chi connectivity index (χ0n) is 12.5. The molecule has 5 heteroatoms. The number of hydrogen-bond acceptors (Lipinski definition) is 3. The van der Waals surface area contributed by atoms with Gasteiger partial charge in [0, 0.05) is 17.1 Å². The Morgan fingerprint density at radius 1 is 1.29 bits per heavy atom. The van der Waals surface area contributed by atoms with E-state index in [2.05, 4.69) is 0 Å². The van der Waals surface area contributed by atoms with Crippen LogP contribution >= 0.6 is 11.6 Å². The van der Waals surface area contributed by atoms with Crippen molar-refractivity contribution < 1.29 is 14.3 Å². The van der Waals surface area contributed by atoms with Crippen LogP contribution in [0, 0.1) is 0 Å². The van der Waals surface area contributed by atoms with Crippen molar-refractivity contribution in [2.24, 2.45) is 0 Å². The summed E-state index contributed by atoms with van der Waals surface area (Å²) < 4.78 is 4.88.